The molecule has 0 heterocycles. The topological polar surface area (TPSA) is 9.23 Å². The van der Waals surface area contributed by atoms with E-state index in [2.05, 4.69) is 124 Å². The van der Waals surface area contributed by atoms with Crippen LogP contribution in [-0.2, 0) is 4.74 Å². The first kappa shape index (κ1) is 23.8. The van der Waals surface area contributed by atoms with Crippen molar-refractivity contribution >= 4 is 112 Å². The highest BCUT2D eigenvalue weighted by Gasteiger charge is 2.17. The molecular formula is C16H13Br7O. The Balaban J connectivity index is 0.000000505. The predicted molar refractivity (Wildman–Crippen MR) is 128 cm³/mol. The van der Waals surface area contributed by atoms with Crippen LogP contribution in [0.3, 0.4) is 0 Å². The molecule has 0 unspecified atom stereocenters. The van der Waals surface area contributed by atoms with Gasteiger partial charge in [0.2, 0.25) is 0 Å². The quantitative estimate of drug-likeness (QED) is 0.223. The maximum Gasteiger partial charge on any atom is 0.0477 e. The second kappa shape index (κ2) is 11.6. The largest absolute Gasteiger partial charge is 0.382 e. The van der Waals surface area contributed by atoms with Crippen LogP contribution in [-0.4, -0.2) is 13.2 Å². The molecule has 2 aromatic rings. The summed E-state index contributed by atoms with van der Waals surface area (Å²) in [5, 5.41) is 0. The van der Waals surface area contributed by atoms with Gasteiger partial charge in [0, 0.05) is 44.5 Å². The zero-order valence-electron chi connectivity index (χ0n) is 12.7. The molecule has 0 saturated heterocycles. The van der Waals surface area contributed by atoms with Gasteiger partial charge in [0.05, 0.1) is 0 Å². The van der Waals surface area contributed by atoms with Crippen molar-refractivity contribution in [3.63, 3.8) is 0 Å². The van der Waals surface area contributed by atoms with Crippen molar-refractivity contribution in [2.75, 3.05) is 13.2 Å². The number of halogens is 7. The molecule has 0 fully saturated rings. The van der Waals surface area contributed by atoms with E-state index in [0.717, 1.165) is 55.6 Å². The third kappa shape index (κ3) is 6.14. The maximum absolute atomic E-state index is 4.83. The first-order valence-electron chi connectivity index (χ1n) is 6.80. The molecule has 132 valence electrons. The van der Waals surface area contributed by atoms with E-state index in [0.29, 0.717) is 0 Å². The molecule has 0 bridgehead atoms. The lowest BCUT2D eigenvalue weighted by molar-refractivity contribution is 0.162. The molecule has 0 aromatic heterocycles. The van der Waals surface area contributed by atoms with Crippen LogP contribution in [0.4, 0.5) is 0 Å². The average Bonchev–Trinajstić information content (AvgIpc) is 2.56. The van der Waals surface area contributed by atoms with E-state index in [1.807, 2.05) is 19.9 Å². The summed E-state index contributed by atoms with van der Waals surface area (Å²) < 4.78 is 11.8. The van der Waals surface area contributed by atoms with Crippen molar-refractivity contribution in [1.29, 1.82) is 0 Å². The van der Waals surface area contributed by atoms with Crippen LogP contribution in [0.15, 0.2) is 49.5 Å². The highest BCUT2D eigenvalue weighted by Crippen LogP contribution is 2.46. The van der Waals surface area contributed by atoms with E-state index >= 15 is 0 Å². The molecule has 0 N–H and O–H groups in total. The van der Waals surface area contributed by atoms with Crippen molar-refractivity contribution in [3.8, 4) is 11.1 Å². The Morgan fingerprint density at radius 3 is 1.62 bits per heavy atom. The summed E-state index contributed by atoms with van der Waals surface area (Å²) in [5.74, 6) is 0. The van der Waals surface area contributed by atoms with Gasteiger partial charge in [0.15, 0.2) is 0 Å². The molecular weight excluding hydrogens is 768 g/mol. The van der Waals surface area contributed by atoms with Crippen LogP contribution in [0.1, 0.15) is 13.8 Å². The number of rotatable bonds is 3. The monoisotopic (exact) mass is 774 g/mol. The van der Waals surface area contributed by atoms with Crippen molar-refractivity contribution in [1.82, 2.24) is 0 Å². The molecule has 0 amide bonds. The molecule has 2 rings (SSSR count). The standard InChI is InChI=1S/C12H3Br7.C4H10O/c13-6-2-1-4(8(15)10(6)17)5-3-7(14)11(18)12(19)9(5)16;1-3-5-4-2/h1-3H;3-4H2,1-2H3. The molecule has 0 atom stereocenters. The van der Waals surface area contributed by atoms with Crippen molar-refractivity contribution < 1.29 is 4.74 Å². The lowest BCUT2D eigenvalue weighted by Crippen LogP contribution is -1.87. The SMILES string of the molecule is Brc1ccc(-c2cc(Br)c(Br)c(Br)c2Br)c(Br)c1Br.CCOCC. The fraction of sp³-hybridized carbons (Fsp3) is 0.250. The van der Waals surface area contributed by atoms with Gasteiger partial charge in [-0.15, -0.1) is 0 Å². The Kier molecular flexibility index (Phi) is 11.5. The van der Waals surface area contributed by atoms with E-state index in [1.165, 1.54) is 0 Å². The van der Waals surface area contributed by atoms with E-state index in [4.69, 9.17) is 4.74 Å². The summed E-state index contributed by atoms with van der Waals surface area (Å²) >= 11 is 25.0. The van der Waals surface area contributed by atoms with E-state index in [1.54, 1.807) is 0 Å². The van der Waals surface area contributed by atoms with Gasteiger partial charge < -0.3 is 4.74 Å². The fourth-order valence-corrected chi connectivity index (χ4v) is 5.43. The van der Waals surface area contributed by atoms with Crippen LogP contribution < -0.4 is 0 Å². The minimum atomic E-state index is 0.844. The van der Waals surface area contributed by atoms with Crippen LogP contribution in [0, 0.1) is 0 Å². The Labute approximate surface area is 201 Å². The van der Waals surface area contributed by atoms with Gasteiger partial charge in [-0.2, -0.15) is 0 Å². The zero-order chi connectivity index (χ0) is 18.4. The lowest BCUT2D eigenvalue weighted by atomic mass is 10.1. The third-order valence-electron chi connectivity index (χ3n) is 2.84. The Hall–Kier alpha value is 1.76. The summed E-state index contributed by atoms with van der Waals surface area (Å²) in [7, 11) is 0. The summed E-state index contributed by atoms with van der Waals surface area (Å²) in [6.07, 6.45) is 0. The van der Waals surface area contributed by atoms with Gasteiger partial charge in [0.1, 0.15) is 0 Å². The minimum Gasteiger partial charge on any atom is -0.382 e. The second-order valence-electron chi connectivity index (χ2n) is 4.35. The Morgan fingerprint density at radius 2 is 1.12 bits per heavy atom. The van der Waals surface area contributed by atoms with Crippen molar-refractivity contribution in [3.05, 3.63) is 49.5 Å². The second-order valence-corrected chi connectivity index (χ2v) is 10.0. The predicted octanol–water partition coefficient (Wildman–Crippen LogP) is 9.73. The summed E-state index contributed by atoms with van der Waals surface area (Å²) in [4.78, 5) is 0. The lowest BCUT2D eigenvalue weighted by Gasteiger charge is -2.13. The van der Waals surface area contributed by atoms with Crippen LogP contribution in [0.25, 0.3) is 11.1 Å². The molecule has 8 heteroatoms. The van der Waals surface area contributed by atoms with Gasteiger partial charge in [-0.1, -0.05) is 6.07 Å². The fourth-order valence-electron chi connectivity index (χ4n) is 1.71. The molecule has 0 saturated carbocycles. The Bertz CT molecular complexity index is 714. The first-order chi connectivity index (χ1) is 11.3. The third-order valence-corrected chi connectivity index (χ3v) is 10.9. The van der Waals surface area contributed by atoms with Crippen LogP contribution >= 0.6 is 112 Å². The average molecular weight is 781 g/mol. The van der Waals surface area contributed by atoms with Gasteiger partial charge in [-0.3, -0.25) is 0 Å². The molecule has 0 spiro atoms. The molecule has 1 nitrogen and oxygen atoms in total. The van der Waals surface area contributed by atoms with E-state index < -0.39 is 0 Å². The Morgan fingerprint density at radius 1 is 0.625 bits per heavy atom. The van der Waals surface area contributed by atoms with E-state index in [-0.39, 0.29) is 0 Å². The molecule has 0 aliphatic heterocycles. The maximum atomic E-state index is 4.83. The van der Waals surface area contributed by atoms with Crippen LogP contribution in [0.2, 0.25) is 0 Å². The van der Waals surface area contributed by atoms with Gasteiger partial charge in [0.25, 0.3) is 0 Å². The summed E-state index contributed by atoms with van der Waals surface area (Å²) in [6.45, 7) is 5.67. The molecule has 0 aliphatic carbocycles. The molecule has 24 heavy (non-hydrogen) atoms. The van der Waals surface area contributed by atoms with Crippen LogP contribution in [0.5, 0.6) is 0 Å². The van der Waals surface area contributed by atoms with Gasteiger partial charge >= 0.3 is 0 Å². The minimum absolute atomic E-state index is 0.844. The zero-order valence-corrected chi connectivity index (χ0v) is 23.8. The van der Waals surface area contributed by atoms with Crippen molar-refractivity contribution in [2.24, 2.45) is 0 Å². The van der Waals surface area contributed by atoms with Gasteiger partial charge in [-0.25, -0.2) is 0 Å². The van der Waals surface area contributed by atoms with Crippen molar-refractivity contribution in [2.45, 2.75) is 13.8 Å². The highest BCUT2D eigenvalue weighted by atomic mass is 79.9. The normalized spacial score (nSPS) is 10.4. The highest BCUT2D eigenvalue weighted by molar-refractivity contribution is 9.15. The summed E-state index contributed by atoms with van der Waals surface area (Å²) in [6, 6.07) is 6.14. The van der Waals surface area contributed by atoms with Gasteiger partial charge in [-0.05, 0) is 149 Å². The molecule has 0 aliphatic rings. The van der Waals surface area contributed by atoms with E-state index in [9.17, 15) is 0 Å². The number of ether oxygens (including phenoxy) is 1. The number of hydrogen-bond acceptors (Lipinski definition) is 1. The molecule has 0 radical (unpaired) electrons. The molecule has 2 aromatic carbocycles. The first-order valence-corrected chi connectivity index (χ1v) is 12.4. The smallest absolute Gasteiger partial charge is 0.0477 e. The summed E-state index contributed by atoms with van der Waals surface area (Å²) in [5.41, 5.74) is 2.18. The number of hydrogen-bond donors (Lipinski definition) is 0. The number of benzene rings is 2.